The highest BCUT2D eigenvalue weighted by Gasteiger charge is 2.12. The second-order valence-corrected chi connectivity index (χ2v) is 3.54. The van der Waals surface area contributed by atoms with Crippen molar-refractivity contribution in [3.8, 4) is 0 Å². The van der Waals surface area contributed by atoms with Crippen molar-refractivity contribution in [2.24, 2.45) is 5.73 Å². The minimum absolute atomic E-state index is 0.0750. The Hall–Kier alpha value is -1.16. The number of carbonyl (C=O) groups excluding carboxylic acids is 1. The van der Waals surface area contributed by atoms with E-state index in [0.29, 0.717) is 12.1 Å². The largest absolute Gasteiger partial charge is 0.328 e. The van der Waals surface area contributed by atoms with Crippen LogP contribution in [0.2, 0.25) is 0 Å². The van der Waals surface area contributed by atoms with Crippen molar-refractivity contribution in [1.29, 1.82) is 0 Å². The first kappa shape index (κ1) is 10.9. The fourth-order valence-corrected chi connectivity index (χ4v) is 1.36. The van der Waals surface area contributed by atoms with Crippen LogP contribution in [0.4, 0.5) is 0 Å². The molecule has 0 spiro atoms. The third-order valence-corrected chi connectivity index (χ3v) is 1.95. The molecule has 78 valence electrons. The molecule has 0 fully saturated rings. The van der Waals surface area contributed by atoms with Gasteiger partial charge in [0.2, 0.25) is 0 Å². The molecule has 1 heterocycles. The molecular weight excluding hydrogens is 178 g/mol. The molecule has 0 radical (unpaired) electrons. The van der Waals surface area contributed by atoms with Gasteiger partial charge in [-0.15, -0.1) is 0 Å². The number of hydrogen-bond donors (Lipinski definition) is 1. The third-order valence-electron chi connectivity index (χ3n) is 1.95. The summed E-state index contributed by atoms with van der Waals surface area (Å²) in [6.45, 7) is 4.67. The van der Waals surface area contributed by atoms with Gasteiger partial charge in [0.05, 0.1) is 0 Å². The lowest BCUT2D eigenvalue weighted by Crippen LogP contribution is -2.21. The number of nitrogens with two attached hydrogens (primary N) is 1. The van der Waals surface area contributed by atoms with Gasteiger partial charge >= 0.3 is 0 Å². The SMILES string of the molecule is CCCn1nccc1C(=O)CC(C)N. The second kappa shape index (κ2) is 4.91. The maximum absolute atomic E-state index is 11.7. The summed E-state index contributed by atoms with van der Waals surface area (Å²) in [5.74, 6) is 0.0750. The third kappa shape index (κ3) is 2.67. The van der Waals surface area contributed by atoms with Crippen LogP contribution in [-0.2, 0) is 6.54 Å². The Morgan fingerprint density at radius 1 is 1.71 bits per heavy atom. The van der Waals surface area contributed by atoms with Gasteiger partial charge in [-0.05, 0) is 19.4 Å². The Kier molecular flexibility index (Phi) is 3.83. The first-order chi connectivity index (χ1) is 6.65. The van der Waals surface area contributed by atoms with E-state index in [1.807, 2.05) is 6.92 Å². The van der Waals surface area contributed by atoms with Crippen LogP contribution >= 0.6 is 0 Å². The van der Waals surface area contributed by atoms with Crippen LogP contribution in [0.1, 0.15) is 37.2 Å². The van der Waals surface area contributed by atoms with Crippen LogP contribution in [0.5, 0.6) is 0 Å². The van der Waals surface area contributed by atoms with E-state index in [2.05, 4.69) is 12.0 Å². The number of Topliss-reactive ketones (excluding diaryl/α,β-unsaturated/α-hetero) is 1. The fourth-order valence-electron chi connectivity index (χ4n) is 1.36. The number of nitrogens with zero attached hydrogens (tertiary/aromatic N) is 2. The summed E-state index contributed by atoms with van der Waals surface area (Å²) >= 11 is 0. The lowest BCUT2D eigenvalue weighted by Gasteiger charge is -2.06. The molecule has 0 saturated carbocycles. The molecule has 1 unspecified atom stereocenters. The fraction of sp³-hybridized carbons (Fsp3) is 0.600. The van der Waals surface area contributed by atoms with Crippen LogP contribution in [0.3, 0.4) is 0 Å². The molecule has 1 aromatic rings. The quantitative estimate of drug-likeness (QED) is 0.718. The molecular formula is C10H17N3O. The highest BCUT2D eigenvalue weighted by atomic mass is 16.1. The number of carbonyl (C=O) groups is 1. The highest BCUT2D eigenvalue weighted by molar-refractivity contribution is 5.94. The van der Waals surface area contributed by atoms with E-state index in [1.54, 1.807) is 16.9 Å². The highest BCUT2D eigenvalue weighted by Crippen LogP contribution is 2.05. The zero-order chi connectivity index (χ0) is 10.6. The molecule has 0 aromatic carbocycles. The first-order valence-corrected chi connectivity index (χ1v) is 4.95. The average molecular weight is 195 g/mol. The molecule has 4 heteroatoms. The summed E-state index contributed by atoms with van der Waals surface area (Å²) in [5.41, 5.74) is 6.24. The summed E-state index contributed by atoms with van der Waals surface area (Å²) in [5, 5.41) is 4.09. The molecule has 4 nitrogen and oxygen atoms in total. The van der Waals surface area contributed by atoms with E-state index in [-0.39, 0.29) is 11.8 Å². The van der Waals surface area contributed by atoms with Crippen LogP contribution in [-0.4, -0.2) is 21.6 Å². The monoisotopic (exact) mass is 195 g/mol. The summed E-state index contributed by atoms with van der Waals surface area (Å²) in [4.78, 5) is 11.7. The molecule has 14 heavy (non-hydrogen) atoms. The van der Waals surface area contributed by atoms with Crippen LogP contribution in [0.25, 0.3) is 0 Å². The number of aromatic nitrogens is 2. The molecule has 0 aliphatic heterocycles. The molecule has 1 rings (SSSR count). The average Bonchev–Trinajstić information content (AvgIpc) is 2.51. The van der Waals surface area contributed by atoms with Gasteiger partial charge in [-0.2, -0.15) is 5.10 Å². The predicted octanol–water partition coefficient (Wildman–Crippen LogP) is 1.21. The summed E-state index contributed by atoms with van der Waals surface area (Å²) < 4.78 is 1.74. The van der Waals surface area contributed by atoms with Gasteiger partial charge < -0.3 is 5.73 Å². The second-order valence-electron chi connectivity index (χ2n) is 3.54. The molecule has 0 aliphatic rings. The van der Waals surface area contributed by atoms with Gasteiger partial charge in [0.15, 0.2) is 5.78 Å². The Bertz CT molecular complexity index is 304. The van der Waals surface area contributed by atoms with Crippen molar-refractivity contribution in [3.05, 3.63) is 18.0 Å². The minimum Gasteiger partial charge on any atom is -0.328 e. The summed E-state index contributed by atoms with van der Waals surface area (Å²) in [7, 11) is 0. The van der Waals surface area contributed by atoms with E-state index >= 15 is 0 Å². The summed E-state index contributed by atoms with van der Waals surface area (Å²) in [6, 6.07) is 1.66. The van der Waals surface area contributed by atoms with E-state index in [9.17, 15) is 4.79 Å². The Morgan fingerprint density at radius 2 is 2.43 bits per heavy atom. The Morgan fingerprint density at radius 3 is 3.00 bits per heavy atom. The van der Waals surface area contributed by atoms with Gasteiger partial charge in [-0.1, -0.05) is 6.92 Å². The Balaban J connectivity index is 2.73. The maximum atomic E-state index is 11.7. The number of hydrogen-bond acceptors (Lipinski definition) is 3. The number of aryl methyl sites for hydroxylation is 1. The molecule has 0 bridgehead atoms. The summed E-state index contributed by atoms with van der Waals surface area (Å²) in [6.07, 6.45) is 3.01. The molecule has 0 amide bonds. The van der Waals surface area contributed by atoms with Gasteiger partial charge in [0, 0.05) is 25.2 Å². The van der Waals surface area contributed by atoms with E-state index < -0.39 is 0 Å². The van der Waals surface area contributed by atoms with Gasteiger partial charge in [-0.25, -0.2) is 0 Å². The molecule has 2 N–H and O–H groups in total. The van der Waals surface area contributed by atoms with Crippen LogP contribution < -0.4 is 5.73 Å². The zero-order valence-corrected chi connectivity index (χ0v) is 8.73. The smallest absolute Gasteiger partial charge is 0.182 e. The van der Waals surface area contributed by atoms with E-state index in [4.69, 9.17) is 5.73 Å². The van der Waals surface area contributed by atoms with Crippen molar-refractivity contribution in [3.63, 3.8) is 0 Å². The van der Waals surface area contributed by atoms with Crippen molar-refractivity contribution in [1.82, 2.24) is 9.78 Å². The lowest BCUT2D eigenvalue weighted by atomic mass is 10.1. The minimum atomic E-state index is -0.0903. The van der Waals surface area contributed by atoms with E-state index in [1.165, 1.54) is 0 Å². The van der Waals surface area contributed by atoms with Gasteiger partial charge in [0.25, 0.3) is 0 Å². The number of rotatable bonds is 5. The van der Waals surface area contributed by atoms with Crippen molar-refractivity contribution in [2.45, 2.75) is 39.3 Å². The van der Waals surface area contributed by atoms with Gasteiger partial charge in [0.1, 0.15) is 5.69 Å². The molecule has 1 aromatic heterocycles. The topological polar surface area (TPSA) is 60.9 Å². The standard InChI is InChI=1S/C10H17N3O/c1-3-6-13-9(4-5-12-13)10(14)7-8(2)11/h4-5,8H,3,6-7,11H2,1-2H3. The van der Waals surface area contributed by atoms with Crippen molar-refractivity contribution >= 4 is 5.78 Å². The normalized spacial score (nSPS) is 12.8. The first-order valence-electron chi connectivity index (χ1n) is 4.95. The lowest BCUT2D eigenvalue weighted by molar-refractivity contribution is 0.0966. The number of ketones is 1. The van der Waals surface area contributed by atoms with E-state index in [0.717, 1.165) is 13.0 Å². The molecule has 0 saturated heterocycles. The molecule has 0 aliphatic carbocycles. The van der Waals surface area contributed by atoms with Gasteiger partial charge in [-0.3, -0.25) is 9.48 Å². The zero-order valence-electron chi connectivity index (χ0n) is 8.73. The predicted molar refractivity (Wildman–Crippen MR) is 55.1 cm³/mol. The molecule has 1 atom stereocenters. The van der Waals surface area contributed by atoms with Crippen LogP contribution in [0.15, 0.2) is 12.3 Å². The maximum Gasteiger partial charge on any atom is 0.182 e. The van der Waals surface area contributed by atoms with Crippen molar-refractivity contribution < 1.29 is 4.79 Å². The van der Waals surface area contributed by atoms with Crippen molar-refractivity contribution in [2.75, 3.05) is 0 Å². The van der Waals surface area contributed by atoms with Crippen LogP contribution in [0, 0.1) is 0 Å². The Labute approximate surface area is 84.1 Å².